The maximum Gasteiger partial charge on any atom is 0.168 e. The summed E-state index contributed by atoms with van der Waals surface area (Å²) in [6, 6.07) is 0. The molecule has 6 nitrogen and oxygen atoms in total. The van der Waals surface area contributed by atoms with Crippen molar-refractivity contribution in [1.82, 2.24) is 5.16 Å². The van der Waals surface area contributed by atoms with Crippen LogP contribution in [-0.4, -0.2) is 34.1 Å². The van der Waals surface area contributed by atoms with Crippen LogP contribution in [0.4, 0.5) is 0 Å². The lowest BCUT2D eigenvalue weighted by molar-refractivity contribution is -0.117. The Bertz CT molecular complexity index is 887. The van der Waals surface area contributed by atoms with Crippen molar-refractivity contribution in [2.45, 2.75) is 79.6 Å². The van der Waals surface area contributed by atoms with Crippen molar-refractivity contribution in [3.05, 3.63) is 28.3 Å². The molecule has 1 aromatic heterocycles. The maximum atomic E-state index is 12.8. The molecule has 6 heteroatoms. The number of fused-ring (bicyclic) bond motifs is 1. The number of hydrogen-bond acceptors (Lipinski definition) is 6. The van der Waals surface area contributed by atoms with Gasteiger partial charge in [-0.15, -0.1) is 0 Å². The van der Waals surface area contributed by atoms with Crippen molar-refractivity contribution in [2.24, 2.45) is 15.8 Å². The first-order valence-electron chi connectivity index (χ1n) is 10.5. The van der Waals surface area contributed by atoms with E-state index in [1.54, 1.807) is 0 Å². The Morgan fingerprint density at radius 2 is 1.72 bits per heavy atom. The second kappa shape index (κ2) is 7.88. The molecule has 1 saturated carbocycles. The fraction of sp³-hybridized carbons (Fsp3) is 0.652. The van der Waals surface area contributed by atoms with Crippen molar-refractivity contribution in [1.29, 1.82) is 0 Å². The summed E-state index contributed by atoms with van der Waals surface area (Å²) in [6.45, 7) is 10.9. The molecular formula is C23H32N2O4. The van der Waals surface area contributed by atoms with Gasteiger partial charge in [0.1, 0.15) is 11.5 Å². The summed E-state index contributed by atoms with van der Waals surface area (Å²) in [4.78, 5) is 29.9. The fourth-order valence-electron chi connectivity index (χ4n) is 4.35. The fourth-order valence-corrected chi connectivity index (χ4v) is 4.35. The summed E-state index contributed by atoms with van der Waals surface area (Å²) in [5.41, 5.74) is 1.92. The van der Waals surface area contributed by atoms with E-state index in [4.69, 9.17) is 4.52 Å². The predicted octanol–water partition coefficient (Wildman–Crippen LogP) is 4.81. The van der Waals surface area contributed by atoms with Gasteiger partial charge in [0.25, 0.3) is 0 Å². The zero-order valence-electron chi connectivity index (χ0n) is 18.2. The van der Waals surface area contributed by atoms with Gasteiger partial charge in [0.05, 0.1) is 16.8 Å². The number of aromatic nitrogens is 1. The van der Waals surface area contributed by atoms with E-state index in [-0.39, 0.29) is 34.6 Å². The summed E-state index contributed by atoms with van der Waals surface area (Å²) in [7, 11) is 0. The number of carbonyl (C=O) groups is 2. The van der Waals surface area contributed by atoms with Gasteiger partial charge < -0.3 is 9.63 Å². The minimum Gasteiger partial charge on any atom is -0.511 e. The van der Waals surface area contributed by atoms with Crippen molar-refractivity contribution in [3.8, 4) is 0 Å². The quantitative estimate of drug-likeness (QED) is 0.565. The Morgan fingerprint density at radius 1 is 1.07 bits per heavy atom. The highest BCUT2D eigenvalue weighted by Gasteiger charge is 2.38. The molecular weight excluding hydrogens is 368 g/mol. The molecule has 0 unspecified atom stereocenters. The van der Waals surface area contributed by atoms with Crippen LogP contribution in [0.3, 0.4) is 0 Å². The van der Waals surface area contributed by atoms with Crippen LogP contribution in [0.1, 0.15) is 88.5 Å². The molecule has 1 heterocycles. The average molecular weight is 401 g/mol. The minimum atomic E-state index is -0.155. The summed E-state index contributed by atoms with van der Waals surface area (Å²) < 4.78 is 5.43. The Morgan fingerprint density at radius 3 is 2.41 bits per heavy atom. The van der Waals surface area contributed by atoms with Crippen molar-refractivity contribution < 1.29 is 19.2 Å². The lowest BCUT2D eigenvalue weighted by Gasteiger charge is -2.31. The molecule has 2 aliphatic carbocycles. The van der Waals surface area contributed by atoms with Crippen LogP contribution in [0.2, 0.25) is 0 Å². The van der Waals surface area contributed by atoms with Gasteiger partial charge in [0.2, 0.25) is 0 Å². The first kappa shape index (κ1) is 21.5. The molecule has 2 aliphatic rings. The lowest BCUT2D eigenvalue weighted by atomic mass is 9.73. The van der Waals surface area contributed by atoms with E-state index in [9.17, 15) is 14.7 Å². The third kappa shape index (κ3) is 4.68. The number of aryl methyl sites for hydroxylation is 1. The van der Waals surface area contributed by atoms with Gasteiger partial charge in [-0.2, -0.15) is 0 Å². The second-order valence-electron chi connectivity index (χ2n) is 9.96. The predicted molar refractivity (Wildman–Crippen MR) is 112 cm³/mol. The number of aliphatic hydroxyl groups is 1. The molecule has 0 spiro atoms. The Balaban J connectivity index is 1.83. The van der Waals surface area contributed by atoms with Crippen LogP contribution in [0, 0.1) is 10.8 Å². The molecule has 29 heavy (non-hydrogen) atoms. The molecule has 3 rings (SSSR count). The molecule has 0 amide bonds. The van der Waals surface area contributed by atoms with Crippen molar-refractivity contribution in [2.75, 3.05) is 6.54 Å². The van der Waals surface area contributed by atoms with E-state index in [0.29, 0.717) is 67.0 Å². The van der Waals surface area contributed by atoms with Gasteiger partial charge in [-0.3, -0.25) is 14.6 Å². The Labute approximate surface area is 172 Å². The Kier molecular flexibility index (Phi) is 5.84. The van der Waals surface area contributed by atoms with Gasteiger partial charge in [0, 0.05) is 44.4 Å². The highest BCUT2D eigenvalue weighted by molar-refractivity contribution is 6.24. The summed E-state index contributed by atoms with van der Waals surface area (Å²) >= 11 is 0. The van der Waals surface area contributed by atoms with Gasteiger partial charge >= 0.3 is 0 Å². The first-order chi connectivity index (χ1) is 13.5. The lowest BCUT2D eigenvalue weighted by Crippen LogP contribution is -2.33. The zero-order chi connectivity index (χ0) is 21.4. The molecule has 0 atom stereocenters. The summed E-state index contributed by atoms with van der Waals surface area (Å²) in [6.07, 6.45) is 3.68. The van der Waals surface area contributed by atoms with Gasteiger partial charge in [0.15, 0.2) is 11.6 Å². The average Bonchev–Trinajstić information content (AvgIpc) is 2.98. The van der Waals surface area contributed by atoms with Gasteiger partial charge in [-0.05, 0) is 23.7 Å². The number of hydrogen-bond donors (Lipinski definition) is 1. The third-order valence-corrected chi connectivity index (χ3v) is 5.66. The number of aliphatic imine (C=N–C) groups is 1. The second-order valence-corrected chi connectivity index (χ2v) is 9.96. The number of carbonyl (C=O) groups excluding carboxylic acids is 2. The normalized spacial score (nSPS) is 24.0. The number of allylic oxidation sites excluding steroid dienone is 2. The maximum absolute atomic E-state index is 12.8. The standard InChI is InChI=1S/C23H32N2O4/c1-6-9-24-15-10-22(2,3)11-17(27)20(15)16(26)8-7-14-21-18(28)12-23(4,5)13-19(21)29-25-14/h26H,6-13H2,1-5H3. The largest absolute Gasteiger partial charge is 0.511 e. The molecule has 1 fully saturated rings. The number of ketones is 2. The SMILES string of the molecule is CCCN=C1CC(C)(C)CC(=O)C1=C(O)CCc1noc2c1C(=O)CC(C)(C)C2. The molecule has 1 aromatic rings. The highest BCUT2D eigenvalue weighted by Crippen LogP contribution is 2.38. The Hall–Kier alpha value is -2.24. The van der Waals surface area contributed by atoms with Gasteiger partial charge in [-0.25, -0.2) is 0 Å². The topological polar surface area (TPSA) is 92.8 Å². The van der Waals surface area contributed by atoms with Crippen LogP contribution in [-0.2, 0) is 17.6 Å². The summed E-state index contributed by atoms with van der Waals surface area (Å²) in [5.74, 6) is 0.656. The molecule has 158 valence electrons. The smallest absolute Gasteiger partial charge is 0.168 e. The van der Waals surface area contributed by atoms with E-state index in [1.165, 1.54) is 0 Å². The molecule has 0 radical (unpaired) electrons. The van der Waals surface area contributed by atoms with Crippen LogP contribution in [0.15, 0.2) is 20.8 Å². The van der Waals surface area contributed by atoms with E-state index >= 15 is 0 Å². The summed E-state index contributed by atoms with van der Waals surface area (Å²) in [5, 5.41) is 14.9. The molecule has 0 aliphatic heterocycles. The van der Waals surface area contributed by atoms with E-state index < -0.39 is 0 Å². The van der Waals surface area contributed by atoms with E-state index in [0.717, 1.165) is 6.42 Å². The minimum absolute atomic E-state index is 0.0420. The van der Waals surface area contributed by atoms with E-state index in [1.807, 2.05) is 20.8 Å². The van der Waals surface area contributed by atoms with Crippen LogP contribution in [0.5, 0.6) is 0 Å². The number of aliphatic hydroxyl groups excluding tert-OH is 1. The van der Waals surface area contributed by atoms with Crippen LogP contribution in [0.25, 0.3) is 0 Å². The highest BCUT2D eigenvalue weighted by atomic mass is 16.5. The van der Waals surface area contributed by atoms with E-state index in [2.05, 4.69) is 24.0 Å². The molecule has 0 bridgehead atoms. The van der Waals surface area contributed by atoms with Crippen LogP contribution < -0.4 is 0 Å². The monoisotopic (exact) mass is 400 g/mol. The number of nitrogens with zero attached hydrogens (tertiary/aromatic N) is 2. The zero-order valence-corrected chi connectivity index (χ0v) is 18.2. The molecule has 0 saturated heterocycles. The first-order valence-corrected chi connectivity index (χ1v) is 10.5. The van der Waals surface area contributed by atoms with Crippen molar-refractivity contribution >= 4 is 17.3 Å². The number of Topliss-reactive ketones (excluding diaryl/α,β-unsaturated/α-hetero) is 2. The van der Waals surface area contributed by atoms with Crippen LogP contribution >= 0.6 is 0 Å². The third-order valence-electron chi connectivity index (χ3n) is 5.66. The van der Waals surface area contributed by atoms with Gasteiger partial charge in [-0.1, -0.05) is 39.8 Å². The van der Waals surface area contributed by atoms with Crippen molar-refractivity contribution in [3.63, 3.8) is 0 Å². The number of rotatable bonds is 5. The molecule has 1 N–H and O–H groups in total. The molecule has 0 aromatic carbocycles.